The third-order valence-electron chi connectivity index (χ3n) is 4.05. The topological polar surface area (TPSA) is 88.8 Å². The van der Waals surface area contributed by atoms with E-state index in [1.807, 2.05) is 44.1 Å². The summed E-state index contributed by atoms with van der Waals surface area (Å²) in [5.74, 6) is 1.28. The van der Waals surface area contributed by atoms with Crippen LogP contribution in [-0.4, -0.2) is 51.3 Å². The van der Waals surface area contributed by atoms with Crippen molar-refractivity contribution in [3.63, 3.8) is 0 Å². The molecule has 1 N–H and O–H groups in total. The van der Waals surface area contributed by atoms with E-state index >= 15 is 0 Å². The number of fused-ring (bicyclic) bond motifs is 1. The summed E-state index contributed by atoms with van der Waals surface area (Å²) in [6.45, 7) is 2.48. The number of carbonyl (C=O) groups excluding carboxylic acids is 1. The average Bonchev–Trinajstić information content (AvgIpc) is 2.93. The van der Waals surface area contributed by atoms with Crippen molar-refractivity contribution >= 4 is 22.8 Å². The van der Waals surface area contributed by atoms with Crippen LogP contribution in [0.3, 0.4) is 0 Å². The zero-order chi connectivity index (χ0) is 18.0. The van der Waals surface area contributed by atoms with Gasteiger partial charge in [0.1, 0.15) is 11.5 Å². The van der Waals surface area contributed by atoms with Crippen LogP contribution in [0.2, 0.25) is 0 Å². The summed E-state index contributed by atoms with van der Waals surface area (Å²) in [7, 11) is 5.41. The maximum absolute atomic E-state index is 11.6. The highest BCUT2D eigenvalue weighted by Gasteiger charge is 2.19. The largest absolute Gasteiger partial charge is 0.359 e. The van der Waals surface area contributed by atoms with E-state index < -0.39 is 0 Å². The summed E-state index contributed by atoms with van der Waals surface area (Å²) in [6, 6.07) is 5.63. The van der Waals surface area contributed by atoms with E-state index in [9.17, 15) is 4.79 Å². The van der Waals surface area contributed by atoms with E-state index in [4.69, 9.17) is 4.98 Å². The monoisotopic (exact) mass is 339 g/mol. The van der Waals surface area contributed by atoms with Crippen LogP contribution in [0.25, 0.3) is 22.6 Å². The Morgan fingerprint density at radius 3 is 2.80 bits per heavy atom. The minimum absolute atomic E-state index is 0.00925. The van der Waals surface area contributed by atoms with Crippen molar-refractivity contribution in [2.45, 2.75) is 13.3 Å². The molecule has 3 rings (SSSR count). The number of nitrogens with zero attached hydrogens (tertiary/aromatic N) is 6. The molecule has 3 heterocycles. The summed E-state index contributed by atoms with van der Waals surface area (Å²) >= 11 is 0. The van der Waals surface area contributed by atoms with Gasteiger partial charge in [0.25, 0.3) is 0 Å². The lowest BCUT2D eigenvalue weighted by molar-refractivity contribution is -0.120. The molecule has 0 aliphatic carbocycles. The maximum atomic E-state index is 11.6. The summed E-state index contributed by atoms with van der Waals surface area (Å²) in [5.41, 5.74) is 2.30. The molecule has 0 saturated heterocycles. The average molecular weight is 339 g/mol. The first-order valence-corrected chi connectivity index (χ1v) is 8.05. The molecule has 0 spiro atoms. The van der Waals surface area contributed by atoms with E-state index in [0.29, 0.717) is 24.5 Å². The molecule has 0 aromatic carbocycles. The predicted octanol–water partition coefficient (Wildman–Crippen LogP) is 1.31. The molecule has 3 aromatic rings. The van der Waals surface area contributed by atoms with Crippen molar-refractivity contribution in [2.75, 3.05) is 25.5 Å². The highest BCUT2D eigenvalue weighted by atomic mass is 16.1. The molecular weight excluding hydrogens is 318 g/mol. The number of aromatic nitrogens is 5. The van der Waals surface area contributed by atoms with E-state index in [2.05, 4.69) is 20.4 Å². The van der Waals surface area contributed by atoms with Crippen LogP contribution >= 0.6 is 0 Å². The van der Waals surface area contributed by atoms with E-state index in [1.165, 1.54) is 0 Å². The minimum Gasteiger partial charge on any atom is -0.359 e. The number of pyridine rings is 1. The second-order valence-corrected chi connectivity index (χ2v) is 5.84. The number of anilines is 1. The highest BCUT2D eigenvalue weighted by molar-refractivity contribution is 5.91. The minimum atomic E-state index is -0.00925. The third kappa shape index (κ3) is 3.28. The van der Waals surface area contributed by atoms with Gasteiger partial charge in [-0.25, -0.2) is 9.97 Å². The Morgan fingerprint density at radius 2 is 2.12 bits per heavy atom. The zero-order valence-electron chi connectivity index (χ0n) is 14.8. The van der Waals surface area contributed by atoms with Gasteiger partial charge in [-0.05, 0) is 19.1 Å². The Morgan fingerprint density at radius 1 is 1.32 bits per heavy atom. The van der Waals surface area contributed by atoms with E-state index in [-0.39, 0.29) is 5.91 Å². The van der Waals surface area contributed by atoms with Gasteiger partial charge in [0, 0.05) is 40.3 Å². The Labute approximate surface area is 145 Å². The summed E-state index contributed by atoms with van der Waals surface area (Å²) in [6.07, 6.45) is 2.10. The lowest BCUT2D eigenvalue weighted by Gasteiger charge is -2.19. The Kier molecular flexibility index (Phi) is 4.60. The summed E-state index contributed by atoms with van der Waals surface area (Å²) < 4.78 is 1.74. The molecule has 0 aliphatic heterocycles. The number of nitrogens with one attached hydrogen (secondary N) is 1. The van der Waals surface area contributed by atoms with Crippen molar-refractivity contribution in [1.29, 1.82) is 0 Å². The van der Waals surface area contributed by atoms with Crippen molar-refractivity contribution < 1.29 is 4.79 Å². The molecule has 0 unspecified atom stereocenters. The third-order valence-corrected chi connectivity index (χ3v) is 4.05. The van der Waals surface area contributed by atoms with E-state index in [1.54, 1.807) is 17.9 Å². The van der Waals surface area contributed by atoms with Crippen LogP contribution in [0.15, 0.2) is 24.4 Å². The number of carbonyl (C=O) groups is 1. The van der Waals surface area contributed by atoms with Crippen molar-refractivity contribution in [2.24, 2.45) is 7.05 Å². The SMILES string of the molecule is CNC(=O)CCN(C)c1nc(-c2ccccn2)nc2c1c(C)nn2C. The summed E-state index contributed by atoms with van der Waals surface area (Å²) in [4.78, 5) is 27.2. The van der Waals surface area contributed by atoms with Crippen LogP contribution in [0.4, 0.5) is 5.82 Å². The van der Waals surface area contributed by atoms with Crippen LogP contribution in [0, 0.1) is 6.92 Å². The molecule has 8 heteroatoms. The summed E-state index contributed by atoms with van der Waals surface area (Å²) in [5, 5.41) is 7.99. The molecule has 3 aromatic heterocycles. The lowest BCUT2D eigenvalue weighted by Crippen LogP contribution is -2.27. The number of amides is 1. The number of aryl methyl sites for hydroxylation is 2. The molecule has 25 heavy (non-hydrogen) atoms. The lowest BCUT2D eigenvalue weighted by atomic mass is 10.2. The quantitative estimate of drug-likeness (QED) is 0.754. The smallest absolute Gasteiger partial charge is 0.221 e. The molecule has 8 nitrogen and oxygen atoms in total. The van der Waals surface area contributed by atoms with Gasteiger partial charge < -0.3 is 10.2 Å². The first kappa shape index (κ1) is 16.8. The molecule has 0 fully saturated rings. The van der Waals surface area contributed by atoms with Crippen LogP contribution in [0.1, 0.15) is 12.1 Å². The van der Waals surface area contributed by atoms with Crippen molar-refractivity contribution in [3.8, 4) is 11.5 Å². The van der Waals surface area contributed by atoms with Crippen molar-refractivity contribution in [3.05, 3.63) is 30.1 Å². The van der Waals surface area contributed by atoms with Gasteiger partial charge in [-0.1, -0.05) is 6.07 Å². The second kappa shape index (κ2) is 6.84. The highest BCUT2D eigenvalue weighted by Crippen LogP contribution is 2.28. The Hall–Kier alpha value is -3.03. The van der Waals surface area contributed by atoms with Crippen LogP contribution < -0.4 is 10.2 Å². The fraction of sp³-hybridized carbons (Fsp3) is 0.353. The second-order valence-electron chi connectivity index (χ2n) is 5.84. The Balaban J connectivity index is 2.10. The van der Waals surface area contributed by atoms with Crippen LogP contribution in [0.5, 0.6) is 0 Å². The molecule has 130 valence electrons. The number of rotatable bonds is 5. The first-order chi connectivity index (χ1) is 12.0. The fourth-order valence-corrected chi connectivity index (χ4v) is 2.70. The van der Waals surface area contributed by atoms with Gasteiger partial charge in [0.2, 0.25) is 5.91 Å². The molecule has 0 aliphatic rings. The van der Waals surface area contributed by atoms with Crippen LogP contribution in [-0.2, 0) is 11.8 Å². The first-order valence-electron chi connectivity index (χ1n) is 8.05. The van der Waals surface area contributed by atoms with Gasteiger partial charge in [-0.3, -0.25) is 14.5 Å². The fourth-order valence-electron chi connectivity index (χ4n) is 2.70. The predicted molar refractivity (Wildman–Crippen MR) is 96.2 cm³/mol. The molecule has 0 radical (unpaired) electrons. The molecule has 0 bridgehead atoms. The standard InChI is InChI=1S/C17H21N7O/c1-11-14-16(23(3)10-8-13(25)18-2)20-15(12-7-5-6-9-19-12)21-17(14)24(4)22-11/h5-7,9H,8,10H2,1-4H3,(H,18,25). The molecular formula is C17H21N7O. The Bertz CT molecular complexity index is 904. The van der Waals surface area contributed by atoms with Crippen molar-refractivity contribution in [1.82, 2.24) is 30.0 Å². The van der Waals surface area contributed by atoms with Gasteiger partial charge >= 0.3 is 0 Å². The van der Waals surface area contributed by atoms with Gasteiger partial charge in [-0.2, -0.15) is 5.10 Å². The van der Waals surface area contributed by atoms with Gasteiger partial charge in [-0.15, -0.1) is 0 Å². The van der Waals surface area contributed by atoms with Gasteiger partial charge in [0.05, 0.1) is 11.1 Å². The van der Waals surface area contributed by atoms with Gasteiger partial charge in [0.15, 0.2) is 11.5 Å². The molecule has 0 saturated carbocycles. The normalized spacial score (nSPS) is 10.9. The maximum Gasteiger partial charge on any atom is 0.221 e. The number of hydrogen-bond donors (Lipinski definition) is 1. The molecule has 1 amide bonds. The number of hydrogen-bond acceptors (Lipinski definition) is 6. The van der Waals surface area contributed by atoms with E-state index in [0.717, 1.165) is 22.5 Å². The molecule has 0 atom stereocenters. The zero-order valence-corrected chi connectivity index (χ0v) is 14.8.